The van der Waals surface area contributed by atoms with Crippen LogP contribution in [0, 0.1) is 0 Å². The van der Waals surface area contributed by atoms with Gasteiger partial charge >= 0.3 is 0 Å². The summed E-state index contributed by atoms with van der Waals surface area (Å²) in [6.45, 7) is 0.585. The van der Waals surface area contributed by atoms with E-state index in [1.165, 1.54) is 0 Å². The molecule has 2 rings (SSSR count). The number of carbonyl (C=O) groups is 2. The molecule has 0 fully saturated rings. The fourth-order valence-corrected chi connectivity index (χ4v) is 1.85. The van der Waals surface area contributed by atoms with Gasteiger partial charge in [0.15, 0.2) is 0 Å². The zero-order valence-corrected chi connectivity index (χ0v) is 11.4. The average Bonchev–Trinajstić information content (AvgIpc) is 2.53. The lowest BCUT2D eigenvalue weighted by Gasteiger charge is -2.07. The van der Waals surface area contributed by atoms with Crippen LogP contribution in [0.5, 0.6) is 0 Å². The minimum absolute atomic E-state index is 0.225. The van der Waals surface area contributed by atoms with Crippen molar-refractivity contribution in [2.75, 3.05) is 0 Å². The van der Waals surface area contributed by atoms with Crippen molar-refractivity contribution in [3.05, 3.63) is 65.0 Å². The lowest BCUT2D eigenvalue weighted by atomic mass is 10.1. The van der Waals surface area contributed by atoms with Gasteiger partial charge in [0.05, 0.1) is 5.69 Å². The van der Waals surface area contributed by atoms with E-state index in [1.807, 2.05) is 6.07 Å². The number of benzene rings is 1. The van der Waals surface area contributed by atoms with Crippen LogP contribution in [0.25, 0.3) is 0 Å². The number of carbonyl (C=O) groups excluding carboxylic acids is 2. The van der Waals surface area contributed by atoms with E-state index in [0.29, 0.717) is 23.4 Å². The van der Waals surface area contributed by atoms with Gasteiger partial charge in [0.25, 0.3) is 5.91 Å². The van der Waals surface area contributed by atoms with E-state index in [1.54, 1.807) is 36.5 Å². The van der Waals surface area contributed by atoms with Crippen LogP contribution in [0.3, 0.4) is 0 Å². The molecule has 0 aliphatic rings. The third-order valence-corrected chi connectivity index (χ3v) is 2.95. The van der Waals surface area contributed by atoms with Gasteiger partial charge in [-0.05, 0) is 29.8 Å². The lowest BCUT2D eigenvalue weighted by Crippen LogP contribution is -2.23. The van der Waals surface area contributed by atoms with Gasteiger partial charge in [-0.25, -0.2) is 0 Å². The Morgan fingerprint density at radius 3 is 2.67 bits per heavy atom. The van der Waals surface area contributed by atoms with Gasteiger partial charge in [-0.1, -0.05) is 12.1 Å². The monoisotopic (exact) mass is 284 g/mol. The van der Waals surface area contributed by atoms with Crippen molar-refractivity contribution in [1.29, 1.82) is 0 Å². The van der Waals surface area contributed by atoms with E-state index < -0.39 is 5.91 Å². The Kier molecular flexibility index (Phi) is 4.63. The summed E-state index contributed by atoms with van der Waals surface area (Å²) < 4.78 is 0. The van der Waals surface area contributed by atoms with Crippen LogP contribution in [-0.2, 0) is 13.1 Å². The summed E-state index contributed by atoms with van der Waals surface area (Å²) in [4.78, 5) is 27.2. The molecule has 0 radical (unpaired) electrons. The van der Waals surface area contributed by atoms with Crippen LogP contribution in [-0.4, -0.2) is 16.8 Å². The zero-order chi connectivity index (χ0) is 15.2. The number of pyridine rings is 1. The first-order valence-corrected chi connectivity index (χ1v) is 6.42. The fraction of sp³-hybridized carbons (Fsp3) is 0.133. The number of aromatic nitrogens is 1. The highest BCUT2D eigenvalue weighted by Crippen LogP contribution is 2.06. The predicted octanol–water partition coefficient (Wildman–Crippen LogP) is 0.569. The first kappa shape index (κ1) is 14.7. The van der Waals surface area contributed by atoms with Crippen molar-refractivity contribution < 1.29 is 9.59 Å². The second kappa shape index (κ2) is 6.62. The highest BCUT2D eigenvalue weighted by Gasteiger charge is 2.07. The Hall–Kier alpha value is -2.73. The van der Waals surface area contributed by atoms with E-state index in [2.05, 4.69) is 10.3 Å². The maximum absolute atomic E-state index is 12.0. The maximum Gasteiger partial charge on any atom is 0.251 e. The molecule has 0 bridgehead atoms. The molecule has 0 aliphatic heterocycles. The molecule has 1 heterocycles. The summed E-state index contributed by atoms with van der Waals surface area (Å²) in [6.07, 6.45) is 1.55. The number of hydrogen-bond donors (Lipinski definition) is 3. The molecule has 5 N–H and O–H groups in total. The smallest absolute Gasteiger partial charge is 0.251 e. The van der Waals surface area contributed by atoms with Crippen LogP contribution >= 0.6 is 0 Å². The fourth-order valence-electron chi connectivity index (χ4n) is 1.85. The molecule has 21 heavy (non-hydrogen) atoms. The first-order chi connectivity index (χ1) is 10.1. The highest BCUT2D eigenvalue weighted by molar-refractivity contribution is 5.94. The second-order valence-corrected chi connectivity index (χ2v) is 4.49. The number of nitrogens with one attached hydrogen (secondary N) is 1. The van der Waals surface area contributed by atoms with Gasteiger partial charge in [-0.2, -0.15) is 0 Å². The quantitative estimate of drug-likeness (QED) is 0.745. The second-order valence-electron chi connectivity index (χ2n) is 4.49. The average molecular weight is 284 g/mol. The largest absolute Gasteiger partial charge is 0.366 e. The van der Waals surface area contributed by atoms with Gasteiger partial charge in [0.2, 0.25) is 5.91 Å². The van der Waals surface area contributed by atoms with Crippen molar-refractivity contribution in [1.82, 2.24) is 10.3 Å². The molecule has 1 aromatic carbocycles. The van der Waals surface area contributed by atoms with Crippen LogP contribution in [0.1, 0.15) is 32.0 Å². The molecule has 108 valence electrons. The third kappa shape index (κ3) is 3.87. The maximum atomic E-state index is 12.0. The van der Waals surface area contributed by atoms with Crippen molar-refractivity contribution in [3.63, 3.8) is 0 Å². The highest BCUT2D eigenvalue weighted by atomic mass is 16.2. The van der Waals surface area contributed by atoms with Crippen LogP contribution in [0.4, 0.5) is 0 Å². The molecular weight excluding hydrogens is 268 g/mol. The molecule has 0 saturated carbocycles. The molecule has 2 aromatic rings. The van der Waals surface area contributed by atoms with Crippen molar-refractivity contribution >= 4 is 11.8 Å². The molecule has 6 heteroatoms. The Labute approximate surface area is 122 Å². The number of hydrogen-bond acceptors (Lipinski definition) is 4. The lowest BCUT2D eigenvalue weighted by molar-refractivity contribution is 0.0950. The Balaban J connectivity index is 2.03. The van der Waals surface area contributed by atoms with Crippen LogP contribution < -0.4 is 16.8 Å². The summed E-state index contributed by atoms with van der Waals surface area (Å²) in [7, 11) is 0. The molecule has 0 unspecified atom stereocenters. The summed E-state index contributed by atoms with van der Waals surface area (Å²) in [6, 6.07) is 10.1. The normalized spacial score (nSPS) is 10.1. The van der Waals surface area contributed by atoms with Gasteiger partial charge in [-0.15, -0.1) is 0 Å². The van der Waals surface area contributed by atoms with Crippen molar-refractivity contribution in [2.45, 2.75) is 13.1 Å². The number of primary amides is 1. The van der Waals surface area contributed by atoms with Crippen molar-refractivity contribution in [3.8, 4) is 0 Å². The van der Waals surface area contributed by atoms with Gasteiger partial charge in [0.1, 0.15) is 0 Å². The SMILES string of the molecule is NCc1cc(C(=O)NCc2cccc(C(N)=O)c2)ccn1. The Morgan fingerprint density at radius 2 is 1.95 bits per heavy atom. The standard InChI is InChI=1S/C15H16N4O2/c16-8-13-7-12(4-5-18-13)15(21)19-9-10-2-1-3-11(6-10)14(17)20/h1-7H,8-9,16H2,(H2,17,20)(H,19,21). The van der Waals surface area contributed by atoms with Gasteiger partial charge in [-0.3, -0.25) is 14.6 Å². The molecule has 0 aliphatic carbocycles. The number of amides is 2. The molecule has 2 amide bonds. The predicted molar refractivity (Wildman–Crippen MR) is 78.3 cm³/mol. The van der Waals surface area contributed by atoms with Crippen molar-refractivity contribution in [2.24, 2.45) is 11.5 Å². The molecule has 6 nitrogen and oxygen atoms in total. The zero-order valence-electron chi connectivity index (χ0n) is 11.4. The van der Waals surface area contributed by atoms with E-state index in [4.69, 9.17) is 11.5 Å². The van der Waals surface area contributed by atoms with E-state index in [0.717, 1.165) is 5.56 Å². The number of nitrogens with zero attached hydrogens (tertiary/aromatic N) is 1. The number of rotatable bonds is 5. The van der Waals surface area contributed by atoms with Crippen LogP contribution in [0.2, 0.25) is 0 Å². The minimum Gasteiger partial charge on any atom is -0.366 e. The van der Waals surface area contributed by atoms with E-state index in [9.17, 15) is 9.59 Å². The summed E-state index contributed by atoms with van der Waals surface area (Å²) in [5.41, 5.74) is 13.1. The third-order valence-electron chi connectivity index (χ3n) is 2.95. The Bertz CT molecular complexity index is 670. The van der Waals surface area contributed by atoms with Gasteiger partial charge < -0.3 is 16.8 Å². The van der Waals surface area contributed by atoms with Gasteiger partial charge in [0, 0.05) is 30.4 Å². The van der Waals surface area contributed by atoms with Crippen LogP contribution in [0.15, 0.2) is 42.6 Å². The molecule has 0 atom stereocenters. The minimum atomic E-state index is -0.495. The van der Waals surface area contributed by atoms with E-state index >= 15 is 0 Å². The summed E-state index contributed by atoms with van der Waals surface area (Å²) in [5.74, 6) is -0.721. The molecular formula is C15H16N4O2. The topological polar surface area (TPSA) is 111 Å². The summed E-state index contributed by atoms with van der Waals surface area (Å²) in [5, 5.41) is 2.77. The van der Waals surface area contributed by atoms with E-state index in [-0.39, 0.29) is 12.5 Å². The molecule has 1 aromatic heterocycles. The molecule has 0 spiro atoms. The Morgan fingerprint density at radius 1 is 1.14 bits per heavy atom. The molecule has 0 saturated heterocycles. The number of nitrogens with two attached hydrogens (primary N) is 2. The first-order valence-electron chi connectivity index (χ1n) is 6.42. The summed E-state index contributed by atoms with van der Waals surface area (Å²) >= 11 is 0.